The molecular weight excluding hydrogens is 242 g/mol. The van der Waals surface area contributed by atoms with Gasteiger partial charge in [0, 0.05) is 6.20 Å². The van der Waals surface area contributed by atoms with Gasteiger partial charge in [0.1, 0.15) is 0 Å². The molecule has 0 aliphatic rings. The van der Waals surface area contributed by atoms with Gasteiger partial charge in [-0.1, -0.05) is 32.0 Å². The van der Waals surface area contributed by atoms with Crippen molar-refractivity contribution in [3.63, 3.8) is 0 Å². The van der Waals surface area contributed by atoms with Crippen LogP contribution in [0.25, 0.3) is 5.69 Å². The summed E-state index contributed by atoms with van der Waals surface area (Å²) in [7, 11) is 0. The molecule has 0 aliphatic heterocycles. The van der Waals surface area contributed by atoms with Crippen molar-refractivity contribution in [2.75, 3.05) is 6.61 Å². The van der Waals surface area contributed by atoms with Crippen LogP contribution in [0.15, 0.2) is 42.7 Å². The molecule has 0 unspecified atom stereocenters. The summed E-state index contributed by atoms with van der Waals surface area (Å²) in [5.41, 5.74) is 3.78. The molecule has 2 rings (SSSR count). The summed E-state index contributed by atoms with van der Waals surface area (Å²) in [5.74, 6) is 0.0789. The van der Waals surface area contributed by atoms with Crippen LogP contribution in [0.1, 0.15) is 24.2 Å². The SMILES string of the molecule is CC(C)CONC(=O)c1cnn(-c2ccccc2)c1. The van der Waals surface area contributed by atoms with Crippen LogP contribution in [-0.4, -0.2) is 22.3 Å². The molecule has 0 atom stereocenters. The molecule has 19 heavy (non-hydrogen) atoms. The Bertz CT molecular complexity index is 535. The van der Waals surface area contributed by atoms with Gasteiger partial charge >= 0.3 is 0 Å². The molecule has 1 heterocycles. The largest absolute Gasteiger partial charge is 0.278 e. The molecule has 5 heteroatoms. The lowest BCUT2D eigenvalue weighted by Crippen LogP contribution is -2.25. The zero-order valence-corrected chi connectivity index (χ0v) is 11.0. The van der Waals surface area contributed by atoms with Crippen LogP contribution in [0.2, 0.25) is 0 Å². The van der Waals surface area contributed by atoms with Gasteiger partial charge in [0.15, 0.2) is 0 Å². The minimum atomic E-state index is -0.289. The van der Waals surface area contributed by atoms with E-state index in [1.54, 1.807) is 10.9 Å². The lowest BCUT2D eigenvalue weighted by molar-refractivity contribution is 0.0208. The van der Waals surface area contributed by atoms with Crippen molar-refractivity contribution in [3.8, 4) is 5.69 Å². The average Bonchev–Trinajstić information content (AvgIpc) is 2.89. The summed E-state index contributed by atoms with van der Waals surface area (Å²) >= 11 is 0. The molecule has 100 valence electrons. The minimum Gasteiger partial charge on any atom is -0.273 e. The molecule has 0 saturated carbocycles. The van der Waals surface area contributed by atoms with Crippen LogP contribution in [0.5, 0.6) is 0 Å². The fourth-order valence-electron chi connectivity index (χ4n) is 1.49. The molecule has 1 aromatic carbocycles. The van der Waals surface area contributed by atoms with Crippen LogP contribution in [0.4, 0.5) is 0 Å². The van der Waals surface area contributed by atoms with Gasteiger partial charge in [-0.3, -0.25) is 9.63 Å². The number of nitrogens with one attached hydrogen (secondary N) is 1. The first-order valence-corrected chi connectivity index (χ1v) is 6.19. The second-order valence-corrected chi connectivity index (χ2v) is 4.65. The van der Waals surface area contributed by atoms with Gasteiger partial charge in [-0.25, -0.2) is 10.2 Å². The van der Waals surface area contributed by atoms with Gasteiger partial charge < -0.3 is 0 Å². The molecule has 1 aromatic heterocycles. The molecule has 5 nitrogen and oxygen atoms in total. The molecule has 2 aromatic rings. The summed E-state index contributed by atoms with van der Waals surface area (Å²) in [6.07, 6.45) is 3.18. The quantitative estimate of drug-likeness (QED) is 0.837. The van der Waals surface area contributed by atoms with E-state index in [0.717, 1.165) is 5.69 Å². The molecule has 0 fully saturated rings. The summed E-state index contributed by atoms with van der Waals surface area (Å²) < 4.78 is 1.65. The van der Waals surface area contributed by atoms with Crippen LogP contribution < -0.4 is 5.48 Å². The Morgan fingerprint density at radius 1 is 1.37 bits per heavy atom. The van der Waals surface area contributed by atoms with E-state index in [-0.39, 0.29) is 5.91 Å². The Morgan fingerprint density at radius 2 is 2.11 bits per heavy atom. The van der Waals surface area contributed by atoms with E-state index in [2.05, 4.69) is 10.6 Å². The number of benzene rings is 1. The zero-order valence-electron chi connectivity index (χ0n) is 11.0. The predicted molar refractivity (Wildman–Crippen MR) is 71.8 cm³/mol. The lowest BCUT2D eigenvalue weighted by Gasteiger charge is -2.06. The van der Waals surface area contributed by atoms with E-state index < -0.39 is 0 Å². The first kappa shape index (κ1) is 13.3. The Hall–Kier alpha value is -2.14. The molecule has 1 N–H and O–H groups in total. The molecule has 0 bridgehead atoms. The van der Waals surface area contributed by atoms with Crippen LogP contribution in [0.3, 0.4) is 0 Å². The fourth-order valence-corrected chi connectivity index (χ4v) is 1.49. The highest BCUT2D eigenvalue weighted by Crippen LogP contribution is 2.07. The number of carbonyl (C=O) groups excluding carboxylic acids is 1. The van der Waals surface area contributed by atoms with Crippen molar-refractivity contribution in [2.24, 2.45) is 5.92 Å². The van der Waals surface area contributed by atoms with Gasteiger partial charge in [-0.15, -0.1) is 0 Å². The van der Waals surface area contributed by atoms with E-state index in [9.17, 15) is 4.79 Å². The third-order valence-corrected chi connectivity index (χ3v) is 2.45. The second kappa shape index (κ2) is 6.15. The first-order chi connectivity index (χ1) is 9.16. The normalized spacial score (nSPS) is 10.7. The maximum Gasteiger partial charge on any atom is 0.278 e. The van der Waals surface area contributed by atoms with Gasteiger partial charge in [0.05, 0.1) is 24.1 Å². The standard InChI is InChI=1S/C14H17N3O2/c1-11(2)10-19-16-14(18)12-8-15-17(9-12)13-6-4-3-5-7-13/h3-9,11H,10H2,1-2H3,(H,16,18). The lowest BCUT2D eigenvalue weighted by atomic mass is 10.2. The number of rotatable bonds is 5. The van der Waals surface area contributed by atoms with Crippen molar-refractivity contribution in [3.05, 3.63) is 48.3 Å². The summed E-state index contributed by atoms with van der Waals surface area (Å²) in [6, 6.07) is 9.61. The minimum absolute atomic E-state index is 0.289. The summed E-state index contributed by atoms with van der Waals surface area (Å²) in [5, 5.41) is 4.15. The van der Waals surface area contributed by atoms with E-state index in [1.807, 2.05) is 44.2 Å². The molecule has 0 radical (unpaired) electrons. The van der Waals surface area contributed by atoms with Crippen LogP contribution in [0, 0.1) is 5.92 Å². The number of hydrogen-bond acceptors (Lipinski definition) is 3. The number of hydroxylamine groups is 1. The Morgan fingerprint density at radius 3 is 2.79 bits per heavy atom. The number of carbonyl (C=O) groups is 1. The fraction of sp³-hybridized carbons (Fsp3) is 0.286. The Kier molecular flexibility index (Phi) is 4.30. The van der Waals surface area contributed by atoms with Gasteiger partial charge in [0.2, 0.25) is 0 Å². The molecule has 1 amide bonds. The summed E-state index contributed by atoms with van der Waals surface area (Å²) in [4.78, 5) is 16.9. The smallest absolute Gasteiger partial charge is 0.273 e. The second-order valence-electron chi connectivity index (χ2n) is 4.65. The van der Waals surface area contributed by atoms with E-state index in [0.29, 0.717) is 18.1 Å². The van der Waals surface area contributed by atoms with Crippen LogP contribution >= 0.6 is 0 Å². The number of para-hydroxylation sites is 1. The summed E-state index contributed by atoms with van der Waals surface area (Å²) in [6.45, 7) is 4.51. The number of amides is 1. The number of nitrogens with zero attached hydrogens (tertiary/aromatic N) is 2. The Balaban J connectivity index is 1.99. The van der Waals surface area contributed by atoms with E-state index in [4.69, 9.17) is 4.84 Å². The number of hydrogen-bond donors (Lipinski definition) is 1. The van der Waals surface area contributed by atoms with Crippen molar-refractivity contribution in [1.29, 1.82) is 0 Å². The third kappa shape index (κ3) is 3.66. The van der Waals surface area contributed by atoms with Crippen molar-refractivity contribution >= 4 is 5.91 Å². The van der Waals surface area contributed by atoms with E-state index in [1.165, 1.54) is 6.20 Å². The molecule has 0 spiro atoms. The molecular formula is C14H17N3O2. The predicted octanol–water partition coefficient (Wildman–Crippen LogP) is 2.19. The molecule has 0 saturated heterocycles. The van der Waals surface area contributed by atoms with E-state index >= 15 is 0 Å². The highest BCUT2D eigenvalue weighted by molar-refractivity contribution is 5.93. The topological polar surface area (TPSA) is 56.1 Å². The van der Waals surface area contributed by atoms with Gasteiger partial charge in [-0.2, -0.15) is 5.10 Å². The molecule has 0 aliphatic carbocycles. The zero-order chi connectivity index (χ0) is 13.7. The maximum absolute atomic E-state index is 11.8. The van der Waals surface area contributed by atoms with Crippen molar-refractivity contribution < 1.29 is 9.63 Å². The maximum atomic E-state index is 11.8. The highest BCUT2D eigenvalue weighted by atomic mass is 16.6. The Labute approximate surface area is 112 Å². The average molecular weight is 259 g/mol. The third-order valence-electron chi connectivity index (χ3n) is 2.45. The highest BCUT2D eigenvalue weighted by Gasteiger charge is 2.09. The van der Waals surface area contributed by atoms with Gasteiger partial charge in [-0.05, 0) is 18.1 Å². The van der Waals surface area contributed by atoms with Crippen molar-refractivity contribution in [1.82, 2.24) is 15.3 Å². The van der Waals surface area contributed by atoms with Crippen LogP contribution in [-0.2, 0) is 4.84 Å². The van der Waals surface area contributed by atoms with Gasteiger partial charge in [0.25, 0.3) is 5.91 Å². The van der Waals surface area contributed by atoms with Crippen molar-refractivity contribution in [2.45, 2.75) is 13.8 Å². The number of aromatic nitrogens is 2. The monoisotopic (exact) mass is 259 g/mol. The first-order valence-electron chi connectivity index (χ1n) is 6.19.